The Morgan fingerprint density at radius 2 is 1.67 bits per heavy atom. The third-order valence-corrected chi connectivity index (χ3v) is 12.9. The number of aromatic nitrogens is 1. The van der Waals surface area contributed by atoms with Gasteiger partial charge >= 0.3 is 18.3 Å². The molecule has 1 aliphatic carbocycles. The van der Waals surface area contributed by atoms with E-state index < -0.39 is 68.9 Å². The number of carbonyl (C=O) groups is 3. The number of carboxylic acid groups (broad SMARTS) is 1. The number of thiophene rings is 1. The second-order valence-corrected chi connectivity index (χ2v) is 16.6. The number of piperidine rings is 2. The summed E-state index contributed by atoms with van der Waals surface area (Å²) in [4.78, 5) is 46.3. The standard InChI is InChI=1S/C41H47F6N3O7S/c1-3-9-31-39(57-27-24-32(58-25-27)41(45,46)47,16-8-21-50(31)34(51)33-29(40(42,43)44)11-6-20-48-33)35(52)49-22-18-38(55,19-23-49)28-10-4-5-12-30(28)56-26(2)13-17-37(36(53)54)14-7-15-37/h4-6,10-12,20,24-26,31,55H,3,7-9,13-19,21-23H2,1-2H3,(H,53,54)/t26?,31-,39+/m1/s1. The monoisotopic (exact) mass is 839 g/mol. The van der Waals surface area contributed by atoms with Gasteiger partial charge in [0.05, 0.1) is 28.7 Å². The van der Waals surface area contributed by atoms with Crippen LogP contribution in [0.5, 0.6) is 11.5 Å². The van der Waals surface area contributed by atoms with Crippen molar-refractivity contribution in [2.24, 2.45) is 5.41 Å². The summed E-state index contributed by atoms with van der Waals surface area (Å²) >= 11 is 0.365. The first-order valence-electron chi connectivity index (χ1n) is 19.5. The minimum Gasteiger partial charge on any atom is -0.490 e. The van der Waals surface area contributed by atoms with Crippen molar-refractivity contribution in [3.8, 4) is 11.5 Å². The van der Waals surface area contributed by atoms with Crippen molar-refractivity contribution in [1.82, 2.24) is 14.8 Å². The predicted octanol–water partition coefficient (Wildman–Crippen LogP) is 8.72. The van der Waals surface area contributed by atoms with Gasteiger partial charge in [-0.05, 0) is 76.5 Å². The molecule has 2 N–H and O–H groups in total. The molecule has 2 amide bonds. The Balaban J connectivity index is 1.27. The van der Waals surface area contributed by atoms with Crippen molar-refractivity contribution in [3.05, 3.63) is 75.7 Å². The van der Waals surface area contributed by atoms with Gasteiger partial charge in [0.15, 0.2) is 0 Å². The van der Waals surface area contributed by atoms with Gasteiger partial charge in [-0.25, -0.2) is 0 Å². The summed E-state index contributed by atoms with van der Waals surface area (Å²) in [5.74, 6) is -2.42. The number of aliphatic carboxylic acids is 1. The first kappa shape index (κ1) is 43.2. The van der Waals surface area contributed by atoms with Crippen LogP contribution in [-0.4, -0.2) is 80.2 Å². The van der Waals surface area contributed by atoms with E-state index in [4.69, 9.17) is 9.47 Å². The Morgan fingerprint density at radius 1 is 0.966 bits per heavy atom. The van der Waals surface area contributed by atoms with Gasteiger partial charge in [0.1, 0.15) is 22.1 Å². The number of pyridine rings is 1. The molecule has 3 aromatic rings. The number of likely N-dealkylation sites (tertiary alicyclic amines) is 2. The largest absolute Gasteiger partial charge is 0.490 e. The third-order valence-electron chi connectivity index (χ3n) is 11.9. The number of nitrogens with zero attached hydrogens (tertiary/aromatic N) is 3. The molecule has 1 saturated carbocycles. The number of hydrogen-bond acceptors (Lipinski definition) is 8. The third kappa shape index (κ3) is 8.66. The number of amides is 2. The number of benzene rings is 1. The van der Waals surface area contributed by atoms with E-state index in [0.29, 0.717) is 54.8 Å². The molecular weight excluding hydrogens is 793 g/mol. The number of carboxylic acids is 1. The lowest BCUT2D eigenvalue weighted by molar-refractivity contribution is -0.163. The number of alkyl halides is 6. The Kier molecular flexibility index (Phi) is 12.4. The zero-order valence-electron chi connectivity index (χ0n) is 32.2. The molecule has 3 atom stereocenters. The molecule has 6 rings (SSSR count). The van der Waals surface area contributed by atoms with Crippen LogP contribution in [0.2, 0.25) is 0 Å². The average molecular weight is 840 g/mol. The molecule has 1 aromatic carbocycles. The fourth-order valence-corrected chi connectivity index (χ4v) is 9.25. The molecule has 2 saturated heterocycles. The molecule has 3 aliphatic rings. The van der Waals surface area contributed by atoms with E-state index in [1.165, 1.54) is 4.90 Å². The van der Waals surface area contributed by atoms with E-state index in [1.54, 1.807) is 31.2 Å². The molecule has 17 heteroatoms. The molecule has 3 fully saturated rings. The Labute approximate surface area is 336 Å². The summed E-state index contributed by atoms with van der Waals surface area (Å²) < 4.78 is 96.1. The highest BCUT2D eigenvalue weighted by Crippen LogP contribution is 2.47. The van der Waals surface area contributed by atoms with Crippen LogP contribution < -0.4 is 9.47 Å². The number of hydrogen-bond donors (Lipinski definition) is 2. The highest BCUT2D eigenvalue weighted by molar-refractivity contribution is 7.10. The normalized spacial score (nSPS) is 22.5. The van der Waals surface area contributed by atoms with E-state index in [0.717, 1.165) is 41.1 Å². The van der Waals surface area contributed by atoms with Crippen LogP contribution in [0.4, 0.5) is 26.3 Å². The van der Waals surface area contributed by atoms with Gasteiger partial charge in [-0.3, -0.25) is 19.4 Å². The van der Waals surface area contributed by atoms with E-state index in [9.17, 15) is 50.9 Å². The van der Waals surface area contributed by atoms with E-state index in [2.05, 4.69) is 4.98 Å². The first-order valence-corrected chi connectivity index (χ1v) is 20.4. The minimum absolute atomic E-state index is 0.0202. The maximum absolute atomic E-state index is 15.0. The van der Waals surface area contributed by atoms with Crippen molar-refractivity contribution in [1.29, 1.82) is 0 Å². The number of ether oxygens (including phenoxy) is 2. The molecule has 4 heterocycles. The van der Waals surface area contributed by atoms with Gasteiger partial charge < -0.3 is 29.5 Å². The Bertz CT molecular complexity index is 1960. The summed E-state index contributed by atoms with van der Waals surface area (Å²) in [6, 6.07) is 8.29. The summed E-state index contributed by atoms with van der Waals surface area (Å²) in [5.41, 5.74) is -5.87. The molecular formula is C41H47F6N3O7S. The van der Waals surface area contributed by atoms with Crippen LogP contribution in [-0.2, 0) is 27.5 Å². The van der Waals surface area contributed by atoms with E-state index in [-0.39, 0.29) is 63.6 Å². The van der Waals surface area contributed by atoms with Gasteiger partial charge in [0, 0.05) is 49.3 Å². The molecule has 1 unspecified atom stereocenters. The number of aliphatic hydroxyl groups is 1. The summed E-state index contributed by atoms with van der Waals surface area (Å²) in [6.07, 6.45) is -5.45. The topological polar surface area (TPSA) is 130 Å². The molecule has 0 spiro atoms. The SMILES string of the molecule is CCC[C@H]1N(C(=O)c2ncccc2C(F)(F)F)CCC[C@@]1(Oc1csc(C(F)(F)F)c1)C(=O)N1CCC(O)(c2ccccc2OC(C)CCC2(C(=O)O)CCC2)CC1. The lowest BCUT2D eigenvalue weighted by Gasteiger charge is -2.51. The number of para-hydroxylation sites is 1. The molecule has 10 nitrogen and oxygen atoms in total. The maximum Gasteiger partial charge on any atom is 0.425 e. The summed E-state index contributed by atoms with van der Waals surface area (Å²) in [5, 5.41) is 23.0. The van der Waals surface area contributed by atoms with Crippen molar-refractivity contribution in [2.45, 2.75) is 120 Å². The van der Waals surface area contributed by atoms with Crippen molar-refractivity contribution >= 4 is 29.1 Å². The number of carbonyl (C=O) groups excluding carboxylic acids is 2. The van der Waals surface area contributed by atoms with E-state index in [1.807, 2.05) is 6.92 Å². The fourth-order valence-electron chi connectivity index (χ4n) is 8.58. The van der Waals surface area contributed by atoms with Crippen LogP contribution in [0.25, 0.3) is 0 Å². The number of halogens is 6. The zero-order valence-corrected chi connectivity index (χ0v) is 33.0. The zero-order chi connectivity index (χ0) is 42.1. The van der Waals surface area contributed by atoms with Gasteiger partial charge in [0.2, 0.25) is 5.60 Å². The smallest absolute Gasteiger partial charge is 0.425 e. The highest BCUT2D eigenvalue weighted by atomic mass is 32.1. The van der Waals surface area contributed by atoms with Crippen LogP contribution in [0.3, 0.4) is 0 Å². The Morgan fingerprint density at radius 3 is 2.28 bits per heavy atom. The quantitative estimate of drug-likeness (QED) is 0.164. The lowest BCUT2D eigenvalue weighted by atomic mass is 9.66. The molecule has 316 valence electrons. The molecule has 0 radical (unpaired) electrons. The summed E-state index contributed by atoms with van der Waals surface area (Å²) in [6.45, 7) is 3.46. The van der Waals surface area contributed by atoms with Crippen molar-refractivity contribution in [3.63, 3.8) is 0 Å². The van der Waals surface area contributed by atoms with Gasteiger partial charge in [-0.15, -0.1) is 11.3 Å². The Hall–Kier alpha value is -4.38. The van der Waals surface area contributed by atoms with Crippen LogP contribution in [0.15, 0.2) is 54.0 Å². The molecule has 2 aromatic heterocycles. The fraction of sp³-hybridized carbons (Fsp3) is 0.561. The maximum atomic E-state index is 15.0. The average Bonchev–Trinajstić information content (AvgIpc) is 3.64. The molecule has 0 bridgehead atoms. The van der Waals surface area contributed by atoms with Crippen LogP contribution in [0.1, 0.15) is 111 Å². The van der Waals surface area contributed by atoms with Crippen molar-refractivity contribution in [2.75, 3.05) is 19.6 Å². The van der Waals surface area contributed by atoms with Gasteiger partial charge in [-0.2, -0.15) is 26.3 Å². The van der Waals surface area contributed by atoms with E-state index >= 15 is 0 Å². The second kappa shape index (κ2) is 16.7. The van der Waals surface area contributed by atoms with Crippen LogP contribution >= 0.6 is 11.3 Å². The van der Waals surface area contributed by atoms with Gasteiger partial charge in [0.25, 0.3) is 11.8 Å². The second-order valence-electron chi connectivity index (χ2n) is 15.7. The minimum atomic E-state index is -4.92. The number of rotatable bonds is 13. The summed E-state index contributed by atoms with van der Waals surface area (Å²) in [7, 11) is 0. The molecule has 58 heavy (non-hydrogen) atoms. The first-order chi connectivity index (χ1) is 27.3. The van der Waals surface area contributed by atoms with Crippen LogP contribution in [0, 0.1) is 5.41 Å². The molecule has 2 aliphatic heterocycles. The highest BCUT2D eigenvalue weighted by Gasteiger charge is 2.57. The van der Waals surface area contributed by atoms with Gasteiger partial charge in [-0.1, -0.05) is 38.0 Å². The predicted molar refractivity (Wildman–Crippen MR) is 200 cm³/mol. The lowest BCUT2D eigenvalue weighted by Crippen LogP contribution is -2.68. The van der Waals surface area contributed by atoms with Crippen molar-refractivity contribution < 1.29 is 60.4 Å².